The molecule has 0 amide bonds. The maximum absolute atomic E-state index is 13.2. The predicted octanol–water partition coefficient (Wildman–Crippen LogP) is 3.66. The van der Waals surface area contributed by atoms with Crippen molar-refractivity contribution in [1.29, 1.82) is 0 Å². The number of rotatable bonds is 0. The molecule has 17 heavy (non-hydrogen) atoms. The highest BCUT2D eigenvalue weighted by Crippen LogP contribution is 2.22. The Balaban J connectivity index is 0.000000581. The zero-order valence-corrected chi connectivity index (χ0v) is 11.5. The molecule has 0 spiro atoms. The molecule has 0 unspecified atom stereocenters. The zero-order valence-electron chi connectivity index (χ0n) is 11.5. The van der Waals surface area contributed by atoms with E-state index in [1.807, 2.05) is 34.6 Å². The number of hydrogen-bond donors (Lipinski definition) is 1. The van der Waals surface area contributed by atoms with Gasteiger partial charge in [-0.25, -0.2) is 9.37 Å². The summed E-state index contributed by atoms with van der Waals surface area (Å²) in [5.74, 6) is 0.0103. The average Bonchev–Trinajstić information content (AvgIpc) is 2.67. The van der Waals surface area contributed by atoms with Gasteiger partial charge in [0.15, 0.2) is 5.82 Å². The number of anilines is 1. The topological polar surface area (TPSA) is 43.8 Å². The van der Waals surface area contributed by atoms with Crippen LogP contribution in [0.1, 0.15) is 33.3 Å². The minimum absolute atomic E-state index is 0.326. The van der Waals surface area contributed by atoms with Crippen LogP contribution in [0.25, 0.3) is 11.0 Å². The van der Waals surface area contributed by atoms with Crippen molar-refractivity contribution in [3.05, 3.63) is 23.5 Å². The number of benzene rings is 1. The van der Waals surface area contributed by atoms with Crippen LogP contribution in [0.15, 0.2) is 12.1 Å². The van der Waals surface area contributed by atoms with Crippen LogP contribution in [0.3, 0.4) is 0 Å². The Hall–Kier alpha value is -1.58. The Morgan fingerprint density at radius 2 is 1.71 bits per heavy atom. The Labute approximate surface area is 102 Å². The fourth-order valence-electron chi connectivity index (χ4n) is 1.49. The molecule has 3 nitrogen and oxygen atoms in total. The summed E-state index contributed by atoms with van der Waals surface area (Å²) in [6.45, 7) is 9.91. The summed E-state index contributed by atoms with van der Waals surface area (Å²) in [6, 6.07) is 3.13. The van der Waals surface area contributed by atoms with Crippen LogP contribution in [-0.4, -0.2) is 9.55 Å². The molecule has 96 valence electrons. The van der Waals surface area contributed by atoms with Crippen molar-refractivity contribution < 1.29 is 4.39 Å². The van der Waals surface area contributed by atoms with Crippen LogP contribution in [-0.2, 0) is 7.05 Å². The van der Waals surface area contributed by atoms with Gasteiger partial charge in [-0.15, -0.1) is 0 Å². The lowest BCUT2D eigenvalue weighted by molar-refractivity contribution is 0.637. The van der Waals surface area contributed by atoms with E-state index in [4.69, 9.17) is 5.73 Å². The molecule has 0 fully saturated rings. The molecular formula is C13H22FN3. The van der Waals surface area contributed by atoms with Crippen LogP contribution in [0.2, 0.25) is 0 Å². The van der Waals surface area contributed by atoms with Gasteiger partial charge in [0.05, 0.1) is 5.52 Å². The van der Waals surface area contributed by atoms with Crippen LogP contribution < -0.4 is 5.73 Å². The molecule has 2 aromatic rings. The van der Waals surface area contributed by atoms with E-state index in [2.05, 4.69) is 4.98 Å². The number of halogens is 1. The van der Waals surface area contributed by atoms with E-state index in [1.54, 1.807) is 17.7 Å². The number of imidazole rings is 1. The van der Waals surface area contributed by atoms with E-state index in [0.717, 1.165) is 11.1 Å². The van der Waals surface area contributed by atoms with Gasteiger partial charge in [0, 0.05) is 7.05 Å². The lowest BCUT2D eigenvalue weighted by Crippen LogP contribution is -1.96. The van der Waals surface area contributed by atoms with Crippen molar-refractivity contribution in [3.63, 3.8) is 0 Å². The van der Waals surface area contributed by atoms with Gasteiger partial charge in [-0.3, -0.25) is 0 Å². The SMILES string of the molecule is CC.CC.Cc1ccc(F)c2nc(N)n(C)c12. The lowest BCUT2D eigenvalue weighted by atomic mass is 10.2. The number of aryl methyl sites for hydroxylation is 2. The van der Waals surface area contributed by atoms with Crippen molar-refractivity contribution in [1.82, 2.24) is 9.55 Å². The van der Waals surface area contributed by atoms with Crippen molar-refractivity contribution >= 4 is 17.0 Å². The Morgan fingerprint density at radius 3 is 2.18 bits per heavy atom. The molecular weight excluding hydrogens is 217 g/mol. The van der Waals surface area contributed by atoms with E-state index in [9.17, 15) is 4.39 Å². The molecule has 1 aromatic heterocycles. The molecule has 0 bridgehead atoms. The number of nitrogens with zero attached hydrogens (tertiary/aromatic N) is 2. The van der Waals surface area contributed by atoms with Gasteiger partial charge in [-0.2, -0.15) is 0 Å². The first-order valence-electron chi connectivity index (χ1n) is 5.98. The quantitative estimate of drug-likeness (QED) is 0.762. The average molecular weight is 239 g/mol. The van der Waals surface area contributed by atoms with Gasteiger partial charge in [0.2, 0.25) is 5.95 Å². The van der Waals surface area contributed by atoms with E-state index >= 15 is 0 Å². The number of fused-ring (bicyclic) bond motifs is 1. The zero-order chi connectivity index (χ0) is 13.6. The van der Waals surface area contributed by atoms with Gasteiger partial charge in [0.25, 0.3) is 0 Å². The van der Waals surface area contributed by atoms with Crippen molar-refractivity contribution in [3.8, 4) is 0 Å². The highest BCUT2D eigenvalue weighted by atomic mass is 19.1. The molecule has 0 radical (unpaired) electrons. The molecule has 0 aliphatic rings. The second-order valence-electron chi connectivity index (χ2n) is 3.09. The van der Waals surface area contributed by atoms with Gasteiger partial charge in [-0.1, -0.05) is 33.8 Å². The van der Waals surface area contributed by atoms with Crippen LogP contribution in [0, 0.1) is 12.7 Å². The summed E-state index contributed by atoms with van der Waals surface area (Å²) in [5, 5.41) is 0. The summed E-state index contributed by atoms with van der Waals surface area (Å²) in [6.07, 6.45) is 0. The highest BCUT2D eigenvalue weighted by molar-refractivity contribution is 5.82. The van der Waals surface area contributed by atoms with Gasteiger partial charge >= 0.3 is 0 Å². The Bertz CT molecular complexity index is 475. The molecule has 2 N–H and O–H groups in total. The van der Waals surface area contributed by atoms with Gasteiger partial charge in [0.1, 0.15) is 5.52 Å². The highest BCUT2D eigenvalue weighted by Gasteiger charge is 2.10. The Kier molecular flexibility index (Phi) is 6.25. The van der Waals surface area contributed by atoms with Crippen LogP contribution >= 0.6 is 0 Å². The molecule has 1 aromatic carbocycles. The first kappa shape index (κ1) is 15.4. The van der Waals surface area contributed by atoms with E-state index < -0.39 is 0 Å². The molecule has 0 aliphatic carbocycles. The van der Waals surface area contributed by atoms with Gasteiger partial charge < -0.3 is 10.3 Å². The monoisotopic (exact) mass is 239 g/mol. The van der Waals surface area contributed by atoms with Crippen molar-refractivity contribution in [2.24, 2.45) is 7.05 Å². The fraction of sp³-hybridized carbons (Fsp3) is 0.462. The molecule has 1 heterocycles. The second-order valence-corrected chi connectivity index (χ2v) is 3.09. The standard InChI is InChI=1S/C9H10FN3.2C2H6/c1-5-3-4-6(10)7-8(5)13(2)9(11)12-7;2*1-2/h3-4H,1-2H3,(H2,11,12);2*1-2H3. The predicted molar refractivity (Wildman–Crippen MR) is 72.5 cm³/mol. The van der Waals surface area contributed by atoms with Crippen LogP contribution in [0.4, 0.5) is 10.3 Å². The van der Waals surface area contributed by atoms with Gasteiger partial charge in [-0.05, 0) is 18.6 Å². The maximum Gasteiger partial charge on any atom is 0.201 e. The molecule has 2 rings (SSSR count). The molecule has 0 saturated heterocycles. The summed E-state index contributed by atoms with van der Waals surface area (Å²) >= 11 is 0. The lowest BCUT2D eigenvalue weighted by Gasteiger charge is -1.99. The third-order valence-electron chi connectivity index (χ3n) is 2.21. The van der Waals surface area contributed by atoms with E-state index in [-0.39, 0.29) is 5.82 Å². The first-order valence-corrected chi connectivity index (χ1v) is 5.98. The van der Waals surface area contributed by atoms with Crippen molar-refractivity contribution in [2.45, 2.75) is 34.6 Å². The normalized spacial score (nSPS) is 9.12. The first-order chi connectivity index (χ1) is 8.11. The third kappa shape index (κ3) is 2.96. The molecule has 0 saturated carbocycles. The van der Waals surface area contributed by atoms with E-state index in [0.29, 0.717) is 11.5 Å². The van der Waals surface area contributed by atoms with E-state index in [1.165, 1.54) is 6.07 Å². The number of nitrogen functional groups attached to an aromatic ring is 1. The number of hydrogen-bond acceptors (Lipinski definition) is 2. The second kappa shape index (κ2) is 6.89. The summed E-state index contributed by atoms with van der Waals surface area (Å²) in [5.41, 5.74) is 7.66. The maximum atomic E-state index is 13.2. The summed E-state index contributed by atoms with van der Waals surface area (Å²) in [4.78, 5) is 3.94. The molecule has 0 atom stereocenters. The molecule has 0 aliphatic heterocycles. The summed E-state index contributed by atoms with van der Waals surface area (Å²) in [7, 11) is 1.77. The van der Waals surface area contributed by atoms with Crippen molar-refractivity contribution in [2.75, 3.05) is 5.73 Å². The minimum atomic E-state index is -0.326. The summed E-state index contributed by atoms with van der Waals surface area (Å²) < 4.78 is 14.9. The minimum Gasteiger partial charge on any atom is -0.369 e. The number of nitrogens with two attached hydrogens (primary N) is 1. The molecule has 4 heteroatoms. The fourth-order valence-corrected chi connectivity index (χ4v) is 1.49. The van der Waals surface area contributed by atoms with Crippen LogP contribution in [0.5, 0.6) is 0 Å². The Morgan fingerprint density at radius 1 is 1.18 bits per heavy atom. The smallest absolute Gasteiger partial charge is 0.201 e. The largest absolute Gasteiger partial charge is 0.369 e. The third-order valence-corrected chi connectivity index (χ3v) is 2.21. The number of aromatic nitrogens is 2.